The van der Waals surface area contributed by atoms with Crippen LogP contribution in [0.15, 0.2) is 42.1 Å². The summed E-state index contributed by atoms with van der Waals surface area (Å²) in [6.07, 6.45) is -3.49. The Morgan fingerprint density at radius 2 is 1.85 bits per heavy atom. The van der Waals surface area contributed by atoms with E-state index in [0.717, 1.165) is 24.3 Å². The van der Waals surface area contributed by atoms with E-state index in [0.29, 0.717) is 11.9 Å². The minimum absolute atomic E-state index is 0.0820. The number of aryl methyl sites for hydroxylation is 1. The topological polar surface area (TPSA) is 78.3 Å². The van der Waals surface area contributed by atoms with Crippen molar-refractivity contribution in [3.05, 3.63) is 70.2 Å². The average molecular weight is 488 g/mol. The summed E-state index contributed by atoms with van der Waals surface area (Å²) in [4.78, 5) is 8.05. The Kier molecular flexibility index (Phi) is 6.54. The number of aliphatic hydroxyl groups is 1. The summed E-state index contributed by atoms with van der Waals surface area (Å²) in [6, 6.07) is 1.61. The molecule has 2 atom stereocenters. The lowest BCUT2D eigenvalue weighted by atomic mass is 9.85. The minimum Gasteiger partial charge on any atom is -0.505 e. The van der Waals surface area contributed by atoms with Crippen molar-refractivity contribution in [2.75, 3.05) is 5.32 Å². The van der Waals surface area contributed by atoms with E-state index in [1.807, 2.05) is 0 Å². The van der Waals surface area contributed by atoms with E-state index in [-0.39, 0.29) is 22.2 Å². The SMILES string of the molecule is CC(C)=CC(O)(C(Nc1cc(F)cc2nc(C)ncc12)c1ccc(Cl)c(F)c1O)C(F)(F)F. The summed E-state index contributed by atoms with van der Waals surface area (Å²) in [5.41, 5.74) is -4.34. The lowest BCUT2D eigenvalue weighted by Crippen LogP contribution is -2.51. The van der Waals surface area contributed by atoms with Gasteiger partial charge in [0.15, 0.2) is 11.6 Å². The van der Waals surface area contributed by atoms with E-state index in [9.17, 15) is 32.2 Å². The Balaban J connectivity index is 2.33. The molecule has 0 aliphatic heterocycles. The van der Waals surface area contributed by atoms with Crippen LogP contribution in [0.3, 0.4) is 0 Å². The van der Waals surface area contributed by atoms with Gasteiger partial charge in [0, 0.05) is 28.9 Å². The number of nitrogens with one attached hydrogen (secondary N) is 1. The third kappa shape index (κ3) is 4.72. The summed E-state index contributed by atoms with van der Waals surface area (Å²) in [6.45, 7) is 4.19. The fourth-order valence-electron chi connectivity index (χ4n) is 3.45. The lowest BCUT2D eigenvalue weighted by molar-refractivity contribution is -0.246. The van der Waals surface area contributed by atoms with Crippen LogP contribution in [0.4, 0.5) is 27.6 Å². The molecule has 0 radical (unpaired) electrons. The van der Waals surface area contributed by atoms with E-state index in [2.05, 4.69) is 15.3 Å². The highest BCUT2D eigenvalue weighted by molar-refractivity contribution is 6.30. The molecule has 33 heavy (non-hydrogen) atoms. The standard InChI is InChI=1S/C22H19ClF5N3O2/c1-10(2)8-21(33,22(26,27)28)20(13-4-5-15(23)18(25)19(13)32)31-17-7-12(24)6-16-14(17)9-29-11(3)30-16/h4-9,20,31-33H,1-3H3. The third-order valence-corrected chi connectivity index (χ3v) is 5.19. The maximum Gasteiger partial charge on any atom is 0.423 e. The maximum absolute atomic E-state index is 14.3. The van der Waals surface area contributed by atoms with Gasteiger partial charge in [-0.25, -0.2) is 18.7 Å². The van der Waals surface area contributed by atoms with Crippen LogP contribution < -0.4 is 5.32 Å². The zero-order valence-electron chi connectivity index (χ0n) is 17.6. The summed E-state index contributed by atoms with van der Waals surface area (Å²) < 4.78 is 71.3. The highest BCUT2D eigenvalue weighted by Gasteiger charge is 2.58. The molecule has 5 nitrogen and oxygen atoms in total. The molecule has 0 saturated heterocycles. The number of alkyl halides is 3. The minimum atomic E-state index is -5.29. The van der Waals surface area contributed by atoms with Gasteiger partial charge in [-0.1, -0.05) is 23.2 Å². The molecule has 3 aromatic rings. The molecule has 2 aromatic carbocycles. The predicted molar refractivity (Wildman–Crippen MR) is 114 cm³/mol. The lowest BCUT2D eigenvalue weighted by Gasteiger charge is -2.37. The van der Waals surface area contributed by atoms with Gasteiger partial charge >= 0.3 is 6.18 Å². The molecule has 176 valence electrons. The van der Waals surface area contributed by atoms with Crippen molar-refractivity contribution in [2.45, 2.75) is 38.6 Å². The number of halogens is 6. The second-order valence-corrected chi connectivity index (χ2v) is 8.13. The molecule has 1 heterocycles. The van der Waals surface area contributed by atoms with Gasteiger partial charge in [0.2, 0.25) is 5.60 Å². The average Bonchev–Trinajstić information content (AvgIpc) is 2.69. The molecule has 0 bridgehead atoms. The summed E-state index contributed by atoms with van der Waals surface area (Å²) in [7, 11) is 0. The smallest absolute Gasteiger partial charge is 0.423 e. The van der Waals surface area contributed by atoms with Gasteiger partial charge in [-0.05, 0) is 39.0 Å². The second kappa shape index (κ2) is 8.75. The van der Waals surface area contributed by atoms with Crippen LogP contribution in [-0.4, -0.2) is 32.0 Å². The van der Waals surface area contributed by atoms with Crippen LogP contribution in [0, 0.1) is 18.6 Å². The summed E-state index contributed by atoms with van der Waals surface area (Å²) in [5.74, 6) is -3.10. The number of aromatic hydroxyl groups is 1. The number of phenols is 1. The van der Waals surface area contributed by atoms with Crippen molar-refractivity contribution in [1.29, 1.82) is 0 Å². The first-order chi connectivity index (χ1) is 15.2. The maximum atomic E-state index is 14.3. The van der Waals surface area contributed by atoms with Gasteiger partial charge in [0.05, 0.1) is 16.6 Å². The molecule has 11 heteroatoms. The van der Waals surface area contributed by atoms with Gasteiger partial charge in [0.1, 0.15) is 11.6 Å². The molecule has 0 aliphatic carbocycles. The molecule has 2 unspecified atom stereocenters. The zero-order chi connectivity index (χ0) is 24.7. The quantitative estimate of drug-likeness (QED) is 0.304. The number of aromatic nitrogens is 2. The number of fused-ring (bicyclic) bond motifs is 1. The van der Waals surface area contributed by atoms with Gasteiger partial charge in [0.25, 0.3) is 0 Å². The Hall–Kier alpha value is -2.98. The molecule has 3 N–H and O–H groups in total. The van der Waals surface area contributed by atoms with Crippen molar-refractivity contribution in [2.24, 2.45) is 0 Å². The number of allylic oxidation sites excluding steroid dienone is 1. The number of nitrogens with zero attached hydrogens (tertiary/aromatic N) is 2. The number of anilines is 1. The van der Waals surface area contributed by atoms with E-state index in [4.69, 9.17) is 11.6 Å². The number of hydrogen-bond donors (Lipinski definition) is 3. The molecule has 1 aromatic heterocycles. The Bertz CT molecular complexity index is 1240. The van der Waals surface area contributed by atoms with E-state index >= 15 is 0 Å². The van der Waals surface area contributed by atoms with E-state index in [1.54, 1.807) is 6.92 Å². The van der Waals surface area contributed by atoms with Crippen LogP contribution in [0.25, 0.3) is 10.9 Å². The second-order valence-electron chi connectivity index (χ2n) is 7.72. The van der Waals surface area contributed by atoms with Crippen LogP contribution >= 0.6 is 11.6 Å². The van der Waals surface area contributed by atoms with Crippen molar-refractivity contribution < 1.29 is 32.2 Å². The zero-order valence-corrected chi connectivity index (χ0v) is 18.4. The van der Waals surface area contributed by atoms with Crippen molar-refractivity contribution >= 4 is 28.2 Å². The number of benzene rings is 2. The van der Waals surface area contributed by atoms with Gasteiger partial charge in [-0.15, -0.1) is 0 Å². The Morgan fingerprint density at radius 3 is 2.45 bits per heavy atom. The van der Waals surface area contributed by atoms with Crippen LogP contribution in [0.2, 0.25) is 5.02 Å². The highest BCUT2D eigenvalue weighted by Crippen LogP contribution is 2.47. The van der Waals surface area contributed by atoms with Crippen LogP contribution in [0.5, 0.6) is 5.75 Å². The normalized spacial score (nSPS) is 14.6. The molecular formula is C22H19ClF5N3O2. The molecule has 0 amide bonds. The molecular weight excluding hydrogens is 469 g/mol. The van der Waals surface area contributed by atoms with Gasteiger partial charge in [-0.2, -0.15) is 13.2 Å². The van der Waals surface area contributed by atoms with Crippen molar-refractivity contribution in [1.82, 2.24) is 9.97 Å². The van der Waals surface area contributed by atoms with E-state index in [1.165, 1.54) is 20.0 Å². The van der Waals surface area contributed by atoms with Gasteiger partial charge < -0.3 is 15.5 Å². The first kappa shape index (κ1) is 24.7. The molecule has 0 saturated carbocycles. The number of rotatable bonds is 5. The van der Waals surface area contributed by atoms with Crippen LogP contribution in [0.1, 0.15) is 31.3 Å². The largest absolute Gasteiger partial charge is 0.505 e. The first-order valence-electron chi connectivity index (χ1n) is 9.56. The van der Waals surface area contributed by atoms with E-state index < -0.39 is 45.8 Å². The molecule has 3 rings (SSSR count). The number of hydrogen-bond acceptors (Lipinski definition) is 5. The molecule has 0 aliphatic rings. The summed E-state index contributed by atoms with van der Waals surface area (Å²) in [5, 5.41) is 23.2. The fraction of sp³-hybridized carbons (Fsp3) is 0.273. The first-order valence-corrected chi connectivity index (χ1v) is 9.94. The van der Waals surface area contributed by atoms with Crippen molar-refractivity contribution in [3.8, 4) is 5.75 Å². The fourth-order valence-corrected chi connectivity index (χ4v) is 3.60. The Morgan fingerprint density at radius 1 is 1.18 bits per heavy atom. The number of phenolic OH excluding ortho intramolecular Hbond substituents is 1. The van der Waals surface area contributed by atoms with Crippen molar-refractivity contribution in [3.63, 3.8) is 0 Å². The van der Waals surface area contributed by atoms with Crippen LogP contribution in [-0.2, 0) is 0 Å². The predicted octanol–water partition coefficient (Wildman–Crippen LogP) is 5.99. The summed E-state index contributed by atoms with van der Waals surface area (Å²) >= 11 is 5.63. The Labute approximate surface area is 190 Å². The van der Waals surface area contributed by atoms with Gasteiger partial charge in [-0.3, -0.25) is 0 Å². The monoisotopic (exact) mass is 487 g/mol. The third-order valence-electron chi connectivity index (χ3n) is 4.90. The molecule has 0 fully saturated rings. The molecule has 0 spiro atoms. The highest BCUT2D eigenvalue weighted by atomic mass is 35.5.